The molecule has 0 spiro atoms. The van der Waals surface area contributed by atoms with Crippen LogP contribution in [0.2, 0.25) is 0 Å². The number of rotatable bonds is 4. The highest BCUT2D eigenvalue weighted by atomic mass is 19.3. The van der Waals surface area contributed by atoms with Gasteiger partial charge in [-0.1, -0.05) is 12.1 Å². The molecule has 0 bridgehead atoms. The Hall–Kier alpha value is -1.45. The summed E-state index contributed by atoms with van der Waals surface area (Å²) in [6.07, 6.45) is 0.572. The zero-order valence-corrected chi connectivity index (χ0v) is 11.0. The predicted octanol–water partition coefficient (Wildman–Crippen LogP) is 3.63. The smallest absolute Gasteiger partial charge is 0.248 e. The van der Waals surface area contributed by atoms with E-state index in [0.29, 0.717) is 25.0 Å². The molecule has 1 aliphatic carbocycles. The van der Waals surface area contributed by atoms with Gasteiger partial charge >= 0.3 is 0 Å². The minimum Gasteiger partial charge on any atom is -0.497 e. The van der Waals surface area contributed by atoms with Crippen molar-refractivity contribution in [2.45, 2.75) is 38.0 Å². The van der Waals surface area contributed by atoms with Gasteiger partial charge in [-0.05, 0) is 30.5 Å². The summed E-state index contributed by atoms with van der Waals surface area (Å²) in [7, 11) is 1.57. The maximum Gasteiger partial charge on any atom is 0.248 e. The lowest BCUT2D eigenvalue weighted by Crippen LogP contribution is -2.29. The van der Waals surface area contributed by atoms with E-state index in [2.05, 4.69) is 0 Å². The van der Waals surface area contributed by atoms with Crippen molar-refractivity contribution in [1.29, 1.82) is 0 Å². The van der Waals surface area contributed by atoms with Gasteiger partial charge in [-0.2, -0.15) is 0 Å². The first kappa shape index (κ1) is 14.0. The average Bonchev–Trinajstić information content (AvgIpc) is 2.38. The third-order valence-electron chi connectivity index (χ3n) is 3.68. The normalized spacial score (nSPS) is 19.1. The Kier molecular flexibility index (Phi) is 4.17. The highest BCUT2D eigenvalue weighted by Crippen LogP contribution is 2.36. The van der Waals surface area contributed by atoms with E-state index in [0.717, 1.165) is 5.56 Å². The van der Waals surface area contributed by atoms with Gasteiger partial charge in [0.05, 0.1) is 7.11 Å². The van der Waals surface area contributed by atoms with Crippen LogP contribution in [0.3, 0.4) is 0 Å². The molecular formula is C15H18F2O2. The van der Waals surface area contributed by atoms with Crippen molar-refractivity contribution in [3.05, 3.63) is 29.8 Å². The van der Waals surface area contributed by atoms with Gasteiger partial charge in [-0.3, -0.25) is 4.79 Å². The lowest BCUT2D eigenvalue weighted by Gasteiger charge is -2.27. The third kappa shape index (κ3) is 3.75. The summed E-state index contributed by atoms with van der Waals surface area (Å²) in [6.45, 7) is 0. The van der Waals surface area contributed by atoms with Gasteiger partial charge in [0.2, 0.25) is 5.92 Å². The lowest BCUT2D eigenvalue weighted by atomic mass is 9.82. The highest BCUT2D eigenvalue weighted by molar-refractivity contribution is 5.83. The predicted molar refractivity (Wildman–Crippen MR) is 68.6 cm³/mol. The molecule has 0 atom stereocenters. The molecule has 0 amide bonds. The number of hydrogen-bond donors (Lipinski definition) is 0. The topological polar surface area (TPSA) is 26.3 Å². The summed E-state index contributed by atoms with van der Waals surface area (Å²) in [6, 6.07) is 7.32. The van der Waals surface area contributed by atoms with Gasteiger partial charge in [0.1, 0.15) is 11.5 Å². The van der Waals surface area contributed by atoms with E-state index in [9.17, 15) is 13.6 Å². The van der Waals surface area contributed by atoms with E-state index >= 15 is 0 Å². The van der Waals surface area contributed by atoms with Crippen LogP contribution in [0.5, 0.6) is 5.75 Å². The summed E-state index contributed by atoms with van der Waals surface area (Å²) in [5.74, 6) is -2.03. The van der Waals surface area contributed by atoms with Crippen molar-refractivity contribution in [2.24, 2.45) is 5.92 Å². The second kappa shape index (κ2) is 5.68. The standard InChI is InChI=1S/C15H18F2O2/c1-19-13-4-2-3-11(9-13)10-14(18)12-5-7-15(16,17)8-6-12/h2-4,9,12H,5-8,10H2,1H3. The fourth-order valence-electron chi connectivity index (χ4n) is 2.49. The van der Waals surface area contributed by atoms with Crippen molar-refractivity contribution in [1.82, 2.24) is 0 Å². The van der Waals surface area contributed by atoms with Gasteiger partial charge in [0.15, 0.2) is 0 Å². The van der Waals surface area contributed by atoms with Gasteiger partial charge in [0.25, 0.3) is 0 Å². The van der Waals surface area contributed by atoms with Gasteiger partial charge in [0, 0.05) is 25.2 Å². The molecule has 1 aliphatic rings. The quantitative estimate of drug-likeness (QED) is 0.833. The monoisotopic (exact) mass is 268 g/mol. The maximum absolute atomic E-state index is 13.0. The van der Waals surface area contributed by atoms with Crippen LogP contribution in [0.4, 0.5) is 8.78 Å². The largest absolute Gasteiger partial charge is 0.497 e. The van der Waals surface area contributed by atoms with Crippen LogP contribution < -0.4 is 4.74 Å². The van der Waals surface area contributed by atoms with Crippen molar-refractivity contribution in [3.63, 3.8) is 0 Å². The molecule has 1 aromatic carbocycles. The fraction of sp³-hybridized carbons (Fsp3) is 0.533. The summed E-state index contributed by atoms with van der Waals surface area (Å²) < 4.78 is 31.2. The van der Waals surface area contributed by atoms with Gasteiger partial charge < -0.3 is 4.74 Å². The first-order valence-corrected chi connectivity index (χ1v) is 6.54. The average molecular weight is 268 g/mol. The molecule has 0 saturated heterocycles. The Morgan fingerprint density at radius 2 is 2.05 bits per heavy atom. The molecule has 1 aromatic rings. The molecule has 2 rings (SSSR count). The molecule has 0 heterocycles. The second-order valence-corrected chi connectivity index (χ2v) is 5.12. The number of ketones is 1. The number of benzene rings is 1. The molecule has 0 aliphatic heterocycles. The molecule has 0 aromatic heterocycles. The van der Waals surface area contributed by atoms with Crippen LogP contribution >= 0.6 is 0 Å². The zero-order chi connectivity index (χ0) is 13.9. The highest BCUT2D eigenvalue weighted by Gasteiger charge is 2.37. The minimum atomic E-state index is -2.58. The molecule has 1 fully saturated rings. The van der Waals surface area contributed by atoms with Crippen LogP contribution in [0.1, 0.15) is 31.2 Å². The first-order valence-electron chi connectivity index (χ1n) is 6.54. The van der Waals surface area contributed by atoms with E-state index in [1.165, 1.54) is 0 Å². The van der Waals surface area contributed by atoms with Crippen molar-refractivity contribution in [2.75, 3.05) is 7.11 Å². The molecule has 104 valence electrons. The zero-order valence-electron chi connectivity index (χ0n) is 11.0. The number of ether oxygens (including phenoxy) is 1. The molecule has 0 radical (unpaired) electrons. The summed E-state index contributed by atoms with van der Waals surface area (Å²) in [5, 5.41) is 0. The molecule has 0 unspecified atom stereocenters. The van der Waals surface area contributed by atoms with Crippen LogP contribution in [-0.2, 0) is 11.2 Å². The number of methoxy groups -OCH3 is 1. The van der Waals surface area contributed by atoms with Crippen molar-refractivity contribution < 1.29 is 18.3 Å². The van der Waals surface area contributed by atoms with Crippen LogP contribution in [0.15, 0.2) is 24.3 Å². The summed E-state index contributed by atoms with van der Waals surface area (Å²) >= 11 is 0. The van der Waals surface area contributed by atoms with E-state index in [1.807, 2.05) is 24.3 Å². The van der Waals surface area contributed by atoms with E-state index in [-0.39, 0.29) is 24.5 Å². The molecule has 19 heavy (non-hydrogen) atoms. The van der Waals surface area contributed by atoms with Gasteiger partial charge in [-0.15, -0.1) is 0 Å². The molecule has 2 nitrogen and oxygen atoms in total. The summed E-state index contributed by atoms with van der Waals surface area (Å²) in [5.41, 5.74) is 0.877. The maximum atomic E-state index is 13.0. The van der Waals surface area contributed by atoms with E-state index in [4.69, 9.17) is 4.74 Å². The Labute approximate surface area is 111 Å². The summed E-state index contributed by atoms with van der Waals surface area (Å²) in [4.78, 5) is 12.1. The molecule has 0 N–H and O–H groups in total. The third-order valence-corrected chi connectivity index (χ3v) is 3.68. The van der Waals surface area contributed by atoms with Crippen LogP contribution in [0.25, 0.3) is 0 Å². The number of alkyl halides is 2. The van der Waals surface area contributed by atoms with E-state index in [1.54, 1.807) is 7.11 Å². The minimum absolute atomic E-state index is 0.0590. The van der Waals surface area contributed by atoms with Crippen molar-refractivity contribution in [3.8, 4) is 5.75 Å². The Balaban J connectivity index is 1.94. The van der Waals surface area contributed by atoms with Crippen LogP contribution in [0, 0.1) is 5.92 Å². The van der Waals surface area contributed by atoms with Crippen molar-refractivity contribution >= 4 is 5.78 Å². The number of halogens is 2. The molecule has 1 saturated carbocycles. The Bertz CT molecular complexity index is 447. The SMILES string of the molecule is COc1cccc(CC(=O)C2CCC(F)(F)CC2)c1. The first-order chi connectivity index (χ1) is 9.00. The molecular weight excluding hydrogens is 250 g/mol. The van der Waals surface area contributed by atoms with E-state index < -0.39 is 5.92 Å². The second-order valence-electron chi connectivity index (χ2n) is 5.12. The van der Waals surface area contributed by atoms with Gasteiger partial charge in [-0.25, -0.2) is 8.78 Å². The Morgan fingerprint density at radius 3 is 2.68 bits per heavy atom. The number of carbonyl (C=O) groups is 1. The number of hydrogen-bond acceptors (Lipinski definition) is 2. The lowest BCUT2D eigenvalue weighted by molar-refractivity contribution is -0.126. The molecule has 4 heteroatoms. The number of carbonyl (C=O) groups excluding carboxylic acids is 1. The van der Waals surface area contributed by atoms with Crippen LogP contribution in [-0.4, -0.2) is 18.8 Å². The Morgan fingerprint density at radius 1 is 1.37 bits per heavy atom. The fourth-order valence-corrected chi connectivity index (χ4v) is 2.49. The number of Topliss-reactive ketones (excluding diaryl/α,β-unsaturated/α-hetero) is 1.